The lowest BCUT2D eigenvalue weighted by molar-refractivity contribution is -0.122. The molecule has 0 radical (unpaired) electrons. The van der Waals surface area contributed by atoms with Crippen LogP contribution in [0.2, 0.25) is 0 Å². The van der Waals surface area contributed by atoms with Crippen LogP contribution in [-0.2, 0) is 20.2 Å². The zero-order valence-corrected chi connectivity index (χ0v) is 20.1. The Kier molecular flexibility index (Phi) is 7.02. The number of rotatable bonds is 6. The Balaban J connectivity index is 2.26. The van der Waals surface area contributed by atoms with Crippen LogP contribution in [-0.4, -0.2) is 26.6 Å². The van der Waals surface area contributed by atoms with Crippen molar-refractivity contribution in [2.45, 2.75) is 66.0 Å². The summed E-state index contributed by atoms with van der Waals surface area (Å²) in [6, 6.07) is 12.6. The smallest absolute Gasteiger partial charge is 0.244 e. The predicted molar refractivity (Wildman–Crippen MR) is 124 cm³/mol. The number of carbonyl (C=O) groups is 1. The maximum atomic E-state index is 13.0. The molecule has 0 fully saturated rings. The molecule has 164 valence electrons. The first-order valence-corrected chi connectivity index (χ1v) is 12.0. The Labute approximate surface area is 181 Å². The van der Waals surface area contributed by atoms with E-state index >= 15 is 0 Å². The molecule has 2 atom stereocenters. The van der Waals surface area contributed by atoms with Crippen molar-refractivity contribution in [2.24, 2.45) is 0 Å². The highest BCUT2D eigenvalue weighted by Crippen LogP contribution is 2.27. The van der Waals surface area contributed by atoms with Crippen molar-refractivity contribution >= 4 is 21.6 Å². The quantitative estimate of drug-likeness (QED) is 0.726. The van der Waals surface area contributed by atoms with Crippen LogP contribution in [0.3, 0.4) is 0 Å². The topological polar surface area (TPSA) is 66.5 Å². The van der Waals surface area contributed by atoms with Crippen molar-refractivity contribution in [3.8, 4) is 0 Å². The van der Waals surface area contributed by atoms with Gasteiger partial charge in [0.25, 0.3) is 0 Å². The highest BCUT2D eigenvalue weighted by molar-refractivity contribution is 7.92. The molecule has 0 aromatic heterocycles. The number of aryl methyl sites for hydroxylation is 2. The predicted octanol–water partition coefficient (Wildman–Crippen LogP) is 4.63. The molecule has 0 aliphatic heterocycles. The number of nitrogens with zero attached hydrogens (tertiary/aromatic N) is 1. The second-order valence-electron chi connectivity index (χ2n) is 9.13. The number of hydrogen-bond donors (Lipinski definition) is 1. The molecule has 0 saturated heterocycles. The summed E-state index contributed by atoms with van der Waals surface area (Å²) < 4.78 is 26.4. The molecule has 1 N–H and O–H groups in total. The highest BCUT2D eigenvalue weighted by atomic mass is 32.2. The molecule has 1 amide bonds. The average Bonchev–Trinajstić information content (AvgIpc) is 2.62. The summed E-state index contributed by atoms with van der Waals surface area (Å²) in [5.74, 6) is -0.339. The maximum Gasteiger partial charge on any atom is 0.244 e. The molecular weight excluding hydrogens is 396 g/mol. The van der Waals surface area contributed by atoms with E-state index in [1.807, 2.05) is 45.0 Å². The third kappa shape index (κ3) is 5.63. The monoisotopic (exact) mass is 430 g/mol. The summed E-state index contributed by atoms with van der Waals surface area (Å²) in [5.41, 5.74) is 4.52. The fourth-order valence-electron chi connectivity index (χ4n) is 3.43. The van der Waals surface area contributed by atoms with E-state index < -0.39 is 16.1 Å². The molecule has 6 heteroatoms. The molecule has 2 aromatic rings. The van der Waals surface area contributed by atoms with Crippen LogP contribution >= 0.6 is 0 Å². The number of sulfonamides is 1. The van der Waals surface area contributed by atoms with E-state index in [9.17, 15) is 13.2 Å². The number of benzene rings is 2. The standard InChI is InChI=1S/C24H34N2O3S/c1-16-9-10-17(2)22(15-16)26(30(8,28)29)19(4)23(27)25-18(3)20-11-13-21(14-12-20)24(5,6)7/h9-15,18-19H,1-8H3,(H,25,27)/t18-,19-/m1/s1. The summed E-state index contributed by atoms with van der Waals surface area (Å²) in [7, 11) is -3.65. The van der Waals surface area contributed by atoms with Gasteiger partial charge in [-0.3, -0.25) is 9.10 Å². The molecular formula is C24H34N2O3S. The lowest BCUT2D eigenvalue weighted by atomic mass is 9.86. The van der Waals surface area contributed by atoms with Crippen LogP contribution in [0.25, 0.3) is 0 Å². The van der Waals surface area contributed by atoms with Crippen molar-refractivity contribution in [3.63, 3.8) is 0 Å². The van der Waals surface area contributed by atoms with Crippen molar-refractivity contribution < 1.29 is 13.2 Å². The van der Waals surface area contributed by atoms with Gasteiger partial charge in [-0.2, -0.15) is 0 Å². The fraction of sp³-hybridized carbons (Fsp3) is 0.458. The summed E-state index contributed by atoms with van der Waals surface area (Å²) in [5, 5.41) is 2.97. The second-order valence-corrected chi connectivity index (χ2v) is 11.0. The molecule has 2 rings (SSSR count). The third-order valence-corrected chi connectivity index (χ3v) is 6.55. The first kappa shape index (κ1) is 23.9. The third-order valence-electron chi connectivity index (χ3n) is 5.33. The zero-order valence-electron chi connectivity index (χ0n) is 19.3. The minimum atomic E-state index is -3.65. The summed E-state index contributed by atoms with van der Waals surface area (Å²) in [4.78, 5) is 13.0. The maximum absolute atomic E-state index is 13.0. The van der Waals surface area contributed by atoms with Gasteiger partial charge in [-0.15, -0.1) is 0 Å². The first-order chi connectivity index (χ1) is 13.7. The van der Waals surface area contributed by atoms with Crippen LogP contribution in [0.1, 0.15) is 62.9 Å². The molecule has 0 aliphatic rings. The minimum Gasteiger partial charge on any atom is -0.348 e. The van der Waals surface area contributed by atoms with Gasteiger partial charge in [-0.25, -0.2) is 8.42 Å². The van der Waals surface area contributed by atoms with Crippen LogP contribution in [0.4, 0.5) is 5.69 Å². The van der Waals surface area contributed by atoms with Crippen LogP contribution < -0.4 is 9.62 Å². The lowest BCUT2D eigenvalue weighted by Gasteiger charge is -2.30. The molecule has 5 nitrogen and oxygen atoms in total. The summed E-state index contributed by atoms with van der Waals surface area (Å²) in [6.45, 7) is 13.7. The van der Waals surface area contributed by atoms with E-state index in [0.29, 0.717) is 5.69 Å². The molecule has 0 saturated carbocycles. The van der Waals surface area contributed by atoms with Gasteiger partial charge in [0.05, 0.1) is 18.0 Å². The largest absolute Gasteiger partial charge is 0.348 e. The number of amides is 1. The molecule has 0 aliphatic carbocycles. The van der Waals surface area contributed by atoms with Crippen molar-refractivity contribution in [1.29, 1.82) is 0 Å². The first-order valence-electron chi connectivity index (χ1n) is 10.2. The Hall–Kier alpha value is -2.34. The number of hydrogen-bond acceptors (Lipinski definition) is 3. The Morgan fingerprint density at radius 1 is 1.00 bits per heavy atom. The molecule has 0 bridgehead atoms. The normalized spacial score (nSPS) is 14.1. The van der Waals surface area contributed by atoms with Gasteiger partial charge in [0.15, 0.2) is 0 Å². The molecule has 0 unspecified atom stereocenters. The zero-order chi connectivity index (χ0) is 22.9. The van der Waals surface area contributed by atoms with Gasteiger partial charge in [0, 0.05) is 0 Å². The van der Waals surface area contributed by atoms with Gasteiger partial charge in [0.2, 0.25) is 15.9 Å². The lowest BCUT2D eigenvalue weighted by Crippen LogP contribution is -2.48. The Bertz CT molecular complexity index is 1010. The van der Waals surface area contributed by atoms with E-state index in [0.717, 1.165) is 22.9 Å². The fourth-order valence-corrected chi connectivity index (χ4v) is 4.65. The minimum absolute atomic E-state index is 0.0567. The molecule has 0 spiro atoms. The van der Waals surface area contributed by atoms with Gasteiger partial charge in [0.1, 0.15) is 6.04 Å². The van der Waals surface area contributed by atoms with Gasteiger partial charge in [-0.05, 0) is 61.4 Å². The number of carbonyl (C=O) groups excluding carboxylic acids is 1. The van der Waals surface area contributed by atoms with Crippen molar-refractivity contribution in [2.75, 3.05) is 10.6 Å². The van der Waals surface area contributed by atoms with Crippen LogP contribution in [0, 0.1) is 13.8 Å². The molecule has 0 heterocycles. The van der Waals surface area contributed by atoms with E-state index in [4.69, 9.17) is 0 Å². The summed E-state index contributed by atoms with van der Waals surface area (Å²) >= 11 is 0. The second kappa shape index (κ2) is 8.80. The highest BCUT2D eigenvalue weighted by Gasteiger charge is 2.31. The van der Waals surface area contributed by atoms with Gasteiger partial charge < -0.3 is 5.32 Å². The van der Waals surface area contributed by atoms with Gasteiger partial charge in [-0.1, -0.05) is 57.2 Å². The van der Waals surface area contributed by atoms with Crippen LogP contribution in [0.5, 0.6) is 0 Å². The Morgan fingerprint density at radius 3 is 2.07 bits per heavy atom. The van der Waals surface area contributed by atoms with E-state index in [1.54, 1.807) is 13.0 Å². The van der Waals surface area contributed by atoms with E-state index in [-0.39, 0.29) is 17.4 Å². The number of anilines is 1. The SMILES string of the molecule is Cc1ccc(C)c(N([C@H](C)C(=O)N[C@H](C)c2ccc(C(C)(C)C)cc2)S(C)(=O)=O)c1. The van der Waals surface area contributed by atoms with Crippen LogP contribution in [0.15, 0.2) is 42.5 Å². The van der Waals surface area contributed by atoms with Crippen molar-refractivity contribution in [3.05, 3.63) is 64.7 Å². The molecule has 2 aromatic carbocycles. The van der Waals surface area contributed by atoms with E-state index in [2.05, 4.69) is 38.2 Å². The summed E-state index contributed by atoms with van der Waals surface area (Å²) in [6.07, 6.45) is 1.13. The van der Waals surface area contributed by atoms with E-state index in [1.165, 1.54) is 9.87 Å². The average molecular weight is 431 g/mol. The van der Waals surface area contributed by atoms with Gasteiger partial charge >= 0.3 is 0 Å². The number of nitrogens with one attached hydrogen (secondary N) is 1. The van der Waals surface area contributed by atoms with Crippen molar-refractivity contribution in [1.82, 2.24) is 5.32 Å². The molecule has 30 heavy (non-hydrogen) atoms. The Morgan fingerprint density at radius 2 is 1.57 bits per heavy atom.